The standard InChI is InChI=1S/C14H22N6/c1-9(2)20(7-10-4-5-10)8-12-17-13(15)11-6-16-19(3)14(11)18-12/h6,9-10H,4-5,7-8H2,1-3H3,(H2,15,17,18). The van der Waals surface area contributed by atoms with Gasteiger partial charge in [-0.1, -0.05) is 0 Å². The molecule has 108 valence electrons. The topological polar surface area (TPSA) is 72.9 Å². The summed E-state index contributed by atoms with van der Waals surface area (Å²) in [6.45, 7) is 6.31. The Kier molecular flexibility index (Phi) is 3.33. The highest BCUT2D eigenvalue weighted by atomic mass is 15.3. The third kappa shape index (κ3) is 2.60. The van der Waals surface area contributed by atoms with E-state index in [9.17, 15) is 0 Å². The van der Waals surface area contributed by atoms with Crippen LogP contribution in [0.2, 0.25) is 0 Å². The zero-order valence-electron chi connectivity index (χ0n) is 12.4. The van der Waals surface area contributed by atoms with Crippen molar-refractivity contribution in [2.24, 2.45) is 13.0 Å². The summed E-state index contributed by atoms with van der Waals surface area (Å²) in [7, 11) is 1.88. The molecule has 0 amide bonds. The van der Waals surface area contributed by atoms with Gasteiger partial charge in [0.1, 0.15) is 11.6 Å². The first-order valence-corrected chi connectivity index (χ1v) is 7.22. The number of nitrogens with two attached hydrogens (primary N) is 1. The van der Waals surface area contributed by atoms with Crippen molar-refractivity contribution in [2.75, 3.05) is 12.3 Å². The van der Waals surface area contributed by atoms with Crippen molar-refractivity contribution in [3.63, 3.8) is 0 Å². The average Bonchev–Trinajstić information content (AvgIpc) is 3.12. The van der Waals surface area contributed by atoms with E-state index in [1.807, 2.05) is 7.05 Å². The first kappa shape index (κ1) is 13.3. The van der Waals surface area contributed by atoms with Gasteiger partial charge >= 0.3 is 0 Å². The SMILES string of the molecule is CC(C)N(Cc1nc(N)c2cnn(C)c2n1)CC1CC1. The number of aryl methyl sites for hydroxylation is 1. The molecule has 6 nitrogen and oxygen atoms in total. The van der Waals surface area contributed by atoms with E-state index in [1.54, 1.807) is 10.9 Å². The predicted molar refractivity (Wildman–Crippen MR) is 79.0 cm³/mol. The van der Waals surface area contributed by atoms with Crippen LogP contribution in [-0.2, 0) is 13.6 Å². The lowest BCUT2D eigenvalue weighted by molar-refractivity contribution is 0.199. The number of nitrogens with zero attached hydrogens (tertiary/aromatic N) is 5. The maximum absolute atomic E-state index is 6.01. The lowest BCUT2D eigenvalue weighted by Crippen LogP contribution is -2.33. The second kappa shape index (κ2) is 5.01. The van der Waals surface area contributed by atoms with Crippen molar-refractivity contribution in [2.45, 2.75) is 39.3 Å². The lowest BCUT2D eigenvalue weighted by atomic mass is 10.2. The number of anilines is 1. The summed E-state index contributed by atoms with van der Waals surface area (Å²) >= 11 is 0. The summed E-state index contributed by atoms with van der Waals surface area (Å²) in [6, 6.07) is 0.489. The van der Waals surface area contributed by atoms with Crippen molar-refractivity contribution in [3.05, 3.63) is 12.0 Å². The molecule has 0 spiro atoms. The van der Waals surface area contributed by atoms with Crippen LogP contribution in [0.4, 0.5) is 5.82 Å². The molecule has 0 aromatic carbocycles. The van der Waals surface area contributed by atoms with Gasteiger partial charge < -0.3 is 5.73 Å². The predicted octanol–water partition coefficient (Wildman–Crippen LogP) is 1.57. The molecular formula is C14H22N6. The van der Waals surface area contributed by atoms with E-state index in [0.29, 0.717) is 11.9 Å². The Morgan fingerprint density at radius 3 is 2.80 bits per heavy atom. The maximum Gasteiger partial charge on any atom is 0.163 e. The highest BCUT2D eigenvalue weighted by Gasteiger charge is 2.26. The van der Waals surface area contributed by atoms with Crippen molar-refractivity contribution in [1.29, 1.82) is 0 Å². The van der Waals surface area contributed by atoms with Crippen LogP contribution in [0.25, 0.3) is 11.0 Å². The molecule has 0 atom stereocenters. The third-order valence-corrected chi connectivity index (χ3v) is 3.93. The number of fused-ring (bicyclic) bond motifs is 1. The first-order valence-electron chi connectivity index (χ1n) is 7.22. The largest absolute Gasteiger partial charge is 0.383 e. The van der Waals surface area contributed by atoms with Crippen LogP contribution >= 0.6 is 0 Å². The number of aromatic nitrogens is 4. The molecule has 2 heterocycles. The monoisotopic (exact) mass is 274 g/mol. The molecule has 2 aromatic heterocycles. The minimum Gasteiger partial charge on any atom is -0.383 e. The average molecular weight is 274 g/mol. The van der Waals surface area contributed by atoms with E-state index in [4.69, 9.17) is 5.73 Å². The summed E-state index contributed by atoms with van der Waals surface area (Å²) in [5, 5.41) is 5.02. The molecule has 0 unspecified atom stereocenters. The molecule has 20 heavy (non-hydrogen) atoms. The highest BCUT2D eigenvalue weighted by molar-refractivity contribution is 5.84. The minimum atomic E-state index is 0.489. The fraction of sp³-hybridized carbons (Fsp3) is 0.643. The second-order valence-electron chi connectivity index (χ2n) is 6.00. The highest BCUT2D eigenvalue weighted by Crippen LogP contribution is 2.30. The molecule has 1 aliphatic rings. The number of hydrogen-bond acceptors (Lipinski definition) is 5. The summed E-state index contributed by atoms with van der Waals surface area (Å²) in [5.74, 6) is 2.16. The van der Waals surface area contributed by atoms with E-state index in [2.05, 4.69) is 33.8 Å². The molecule has 3 rings (SSSR count). The molecule has 1 aliphatic carbocycles. The molecular weight excluding hydrogens is 252 g/mol. The van der Waals surface area contributed by atoms with Crippen LogP contribution in [0.3, 0.4) is 0 Å². The van der Waals surface area contributed by atoms with Crippen molar-refractivity contribution >= 4 is 16.9 Å². The minimum absolute atomic E-state index is 0.489. The number of nitrogen functional groups attached to an aromatic ring is 1. The van der Waals surface area contributed by atoms with E-state index in [0.717, 1.165) is 35.9 Å². The Balaban J connectivity index is 1.86. The summed E-state index contributed by atoms with van der Waals surface area (Å²) < 4.78 is 1.75. The third-order valence-electron chi connectivity index (χ3n) is 3.93. The van der Waals surface area contributed by atoms with Crippen molar-refractivity contribution in [1.82, 2.24) is 24.6 Å². The normalized spacial score (nSPS) is 15.7. The van der Waals surface area contributed by atoms with Crippen LogP contribution in [0.15, 0.2) is 6.20 Å². The van der Waals surface area contributed by atoms with Crippen molar-refractivity contribution in [3.8, 4) is 0 Å². The molecule has 1 saturated carbocycles. The molecule has 2 N–H and O–H groups in total. The van der Waals surface area contributed by atoms with Gasteiger partial charge in [-0.05, 0) is 32.6 Å². The molecule has 0 saturated heterocycles. The van der Waals surface area contributed by atoms with E-state index >= 15 is 0 Å². The van der Waals surface area contributed by atoms with Gasteiger partial charge in [0.2, 0.25) is 0 Å². The first-order chi connectivity index (χ1) is 9.54. The molecule has 2 aromatic rings. The Morgan fingerprint density at radius 2 is 2.15 bits per heavy atom. The van der Waals surface area contributed by atoms with E-state index in [1.165, 1.54) is 12.8 Å². The van der Waals surface area contributed by atoms with Crippen LogP contribution < -0.4 is 5.73 Å². The zero-order valence-corrected chi connectivity index (χ0v) is 12.4. The zero-order chi connectivity index (χ0) is 14.3. The molecule has 6 heteroatoms. The van der Waals surface area contributed by atoms with Gasteiger partial charge in [-0.2, -0.15) is 5.10 Å². The smallest absolute Gasteiger partial charge is 0.163 e. The maximum atomic E-state index is 6.01. The van der Waals surface area contributed by atoms with Crippen LogP contribution in [0, 0.1) is 5.92 Å². The number of hydrogen-bond donors (Lipinski definition) is 1. The van der Waals surface area contributed by atoms with Crippen LogP contribution in [0.1, 0.15) is 32.5 Å². The second-order valence-corrected chi connectivity index (χ2v) is 6.00. The quantitative estimate of drug-likeness (QED) is 0.896. The van der Waals surface area contributed by atoms with Gasteiger partial charge in [0.15, 0.2) is 5.65 Å². The lowest BCUT2D eigenvalue weighted by Gasteiger charge is -2.25. The Hall–Kier alpha value is -1.69. The fourth-order valence-electron chi connectivity index (χ4n) is 2.43. The molecule has 0 radical (unpaired) electrons. The van der Waals surface area contributed by atoms with E-state index in [-0.39, 0.29) is 0 Å². The Morgan fingerprint density at radius 1 is 1.40 bits per heavy atom. The Labute approximate surface area is 119 Å². The molecule has 0 aliphatic heterocycles. The van der Waals surface area contributed by atoms with E-state index < -0.39 is 0 Å². The van der Waals surface area contributed by atoms with Gasteiger partial charge in [-0.25, -0.2) is 9.97 Å². The van der Waals surface area contributed by atoms with Gasteiger partial charge in [-0.15, -0.1) is 0 Å². The van der Waals surface area contributed by atoms with Gasteiger partial charge in [-0.3, -0.25) is 9.58 Å². The molecule has 0 bridgehead atoms. The fourth-order valence-corrected chi connectivity index (χ4v) is 2.43. The van der Waals surface area contributed by atoms with Crippen LogP contribution in [0.5, 0.6) is 0 Å². The molecule has 1 fully saturated rings. The number of rotatable bonds is 5. The Bertz CT molecular complexity index is 613. The summed E-state index contributed by atoms with van der Waals surface area (Å²) in [4.78, 5) is 11.5. The van der Waals surface area contributed by atoms with Gasteiger partial charge in [0, 0.05) is 19.6 Å². The van der Waals surface area contributed by atoms with Crippen LogP contribution in [-0.4, -0.2) is 37.2 Å². The summed E-state index contributed by atoms with van der Waals surface area (Å²) in [5.41, 5.74) is 6.82. The van der Waals surface area contributed by atoms with Gasteiger partial charge in [0.25, 0.3) is 0 Å². The van der Waals surface area contributed by atoms with Crippen molar-refractivity contribution < 1.29 is 0 Å². The van der Waals surface area contributed by atoms with Gasteiger partial charge in [0.05, 0.1) is 18.1 Å². The summed E-state index contributed by atoms with van der Waals surface area (Å²) in [6.07, 6.45) is 4.43.